The summed E-state index contributed by atoms with van der Waals surface area (Å²) >= 11 is 0. The zero-order valence-electron chi connectivity index (χ0n) is 18.6. The Kier molecular flexibility index (Phi) is 5.55. The Morgan fingerprint density at radius 1 is 1.15 bits per heavy atom. The molecule has 0 N–H and O–H groups in total. The lowest BCUT2D eigenvalue weighted by molar-refractivity contribution is -0.140. The van der Waals surface area contributed by atoms with Crippen molar-refractivity contribution >= 4 is 12.0 Å². The maximum absolute atomic E-state index is 13.8. The first-order chi connectivity index (χ1) is 16.4. The number of methoxy groups -OCH3 is 1. The maximum atomic E-state index is 13.8. The van der Waals surface area contributed by atoms with Gasteiger partial charge in [0, 0.05) is 6.20 Å². The quantitative estimate of drug-likeness (QED) is 0.410. The molecule has 2 fully saturated rings. The second-order valence-electron chi connectivity index (χ2n) is 8.43. The third kappa shape index (κ3) is 3.81. The average molecular weight is 469 g/mol. The van der Waals surface area contributed by atoms with Crippen molar-refractivity contribution in [3.63, 3.8) is 0 Å². The van der Waals surface area contributed by atoms with Crippen molar-refractivity contribution in [3.05, 3.63) is 82.9 Å². The van der Waals surface area contributed by atoms with Crippen LogP contribution in [-0.2, 0) is 9.53 Å². The number of imidazole rings is 1. The number of carbonyl (C=O) groups is 1. The normalized spacial score (nSPS) is 21.0. The van der Waals surface area contributed by atoms with Crippen LogP contribution in [0.5, 0.6) is 5.75 Å². The Bertz CT molecular complexity index is 1280. The van der Waals surface area contributed by atoms with Gasteiger partial charge >= 0.3 is 0 Å². The largest absolute Gasteiger partial charge is 0.495 e. The molecule has 3 aromatic rings. The van der Waals surface area contributed by atoms with Crippen molar-refractivity contribution in [3.8, 4) is 11.4 Å². The minimum Gasteiger partial charge on any atom is -0.495 e. The topological polar surface area (TPSA) is 56.6 Å². The van der Waals surface area contributed by atoms with Crippen molar-refractivity contribution < 1.29 is 27.4 Å². The van der Waals surface area contributed by atoms with Crippen LogP contribution in [0.2, 0.25) is 0 Å². The first kappa shape index (κ1) is 22.1. The van der Waals surface area contributed by atoms with Crippen LogP contribution in [0.15, 0.2) is 48.6 Å². The number of halogens is 3. The zero-order chi connectivity index (χ0) is 24.0. The summed E-state index contributed by atoms with van der Waals surface area (Å²) in [4.78, 5) is 19.1. The Morgan fingerprint density at radius 3 is 2.59 bits per heavy atom. The van der Waals surface area contributed by atoms with Crippen LogP contribution in [0.4, 0.5) is 13.2 Å². The molecule has 0 unspecified atom stereocenters. The predicted octanol–water partition coefficient (Wildman–Crippen LogP) is 4.71. The highest BCUT2D eigenvalue weighted by molar-refractivity contribution is 5.97. The highest BCUT2D eigenvalue weighted by atomic mass is 19.2. The van der Waals surface area contributed by atoms with Crippen molar-refractivity contribution in [2.75, 3.05) is 13.7 Å². The maximum Gasteiger partial charge on any atom is 0.289 e. The summed E-state index contributed by atoms with van der Waals surface area (Å²) in [7, 11) is 1.56. The molecule has 2 aliphatic heterocycles. The molecule has 0 saturated carbocycles. The first-order valence-corrected chi connectivity index (χ1v) is 10.9. The molecule has 2 aliphatic rings. The predicted molar refractivity (Wildman–Crippen MR) is 118 cm³/mol. The molecule has 1 aromatic heterocycles. The Balaban J connectivity index is 1.44. The minimum absolute atomic E-state index is 0.125. The molecule has 2 saturated heterocycles. The van der Waals surface area contributed by atoms with E-state index in [0.717, 1.165) is 23.5 Å². The molecule has 34 heavy (non-hydrogen) atoms. The molecule has 2 aromatic carbocycles. The van der Waals surface area contributed by atoms with Gasteiger partial charge in [-0.15, -0.1) is 0 Å². The van der Waals surface area contributed by atoms with Crippen molar-refractivity contribution in [1.29, 1.82) is 0 Å². The second-order valence-corrected chi connectivity index (χ2v) is 8.43. The number of carbonyl (C=O) groups excluding carboxylic acids is 1. The molecule has 3 heterocycles. The number of hydrogen-bond acceptors (Lipinski definition) is 4. The fraction of sp³-hybridized carbons (Fsp3) is 0.280. The lowest BCUT2D eigenvalue weighted by atomic mass is 10.0. The van der Waals surface area contributed by atoms with Gasteiger partial charge in [-0.3, -0.25) is 4.79 Å². The third-order valence-electron chi connectivity index (χ3n) is 6.26. The molecule has 0 spiro atoms. The Hall–Kier alpha value is -3.75. The third-order valence-corrected chi connectivity index (χ3v) is 6.26. The lowest BCUT2D eigenvalue weighted by Crippen LogP contribution is -2.45. The summed E-state index contributed by atoms with van der Waals surface area (Å²) in [5, 5.41) is 0. The second kappa shape index (κ2) is 8.55. The molecule has 176 valence electrons. The number of benzene rings is 2. The van der Waals surface area contributed by atoms with Crippen molar-refractivity contribution in [2.24, 2.45) is 0 Å². The Morgan fingerprint density at radius 2 is 1.91 bits per heavy atom. The molecule has 5 rings (SSSR count). The van der Waals surface area contributed by atoms with Gasteiger partial charge in [0.1, 0.15) is 12.4 Å². The number of rotatable bonds is 4. The standard InChI is InChI=1S/C25H22F3N3O3/c1-14-11-30(13-29-14)21-5-3-15(7-22(21)33-2)8-23-25(32)31-17(12-34-23)4-6-20(31)16-9-18(26)24(28)19(27)10-16/h3,5,7-11,13,17,20H,4,6,12H2,1-2H3/b23-8-/t17-,20+/m1/s1. The van der Waals surface area contributed by atoms with Crippen LogP contribution in [0.1, 0.15) is 35.7 Å². The average Bonchev–Trinajstić information content (AvgIpc) is 3.45. The van der Waals surface area contributed by atoms with Crippen molar-refractivity contribution in [2.45, 2.75) is 31.8 Å². The summed E-state index contributed by atoms with van der Waals surface area (Å²) < 4.78 is 54.2. The van der Waals surface area contributed by atoms with E-state index in [9.17, 15) is 18.0 Å². The number of morpholine rings is 1. The summed E-state index contributed by atoms with van der Waals surface area (Å²) in [5.74, 6) is -3.72. The highest BCUT2D eigenvalue weighted by Gasteiger charge is 2.43. The number of nitrogens with zero attached hydrogens (tertiary/aromatic N) is 3. The summed E-state index contributed by atoms with van der Waals surface area (Å²) in [6.07, 6.45) is 6.30. The number of aromatic nitrogens is 2. The molecule has 0 bridgehead atoms. The van der Waals surface area contributed by atoms with Crippen molar-refractivity contribution in [1.82, 2.24) is 14.5 Å². The fourth-order valence-electron chi connectivity index (χ4n) is 4.63. The molecule has 9 heteroatoms. The molecule has 1 amide bonds. The fourth-order valence-corrected chi connectivity index (χ4v) is 4.63. The van der Waals surface area contributed by atoms with Crippen LogP contribution in [0.3, 0.4) is 0 Å². The number of aryl methyl sites for hydroxylation is 1. The molecule has 2 atom stereocenters. The van der Waals surface area contributed by atoms with E-state index in [0.29, 0.717) is 24.2 Å². The molecule has 0 radical (unpaired) electrons. The number of hydrogen-bond donors (Lipinski definition) is 0. The highest BCUT2D eigenvalue weighted by Crippen LogP contribution is 2.40. The minimum atomic E-state index is -1.52. The van der Waals surface area contributed by atoms with Gasteiger partial charge in [-0.2, -0.15) is 0 Å². The number of fused-ring (bicyclic) bond motifs is 1. The number of ether oxygens (including phenoxy) is 2. The summed E-state index contributed by atoms with van der Waals surface area (Å²) in [6, 6.07) is 6.60. The van der Waals surface area contributed by atoms with E-state index in [1.165, 1.54) is 0 Å². The van der Waals surface area contributed by atoms with E-state index >= 15 is 0 Å². The van der Waals surface area contributed by atoms with Crippen LogP contribution in [0.25, 0.3) is 11.8 Å². The van der Waals surface area contributed by atoms with Crippen LogP contribution in [0, 0.1) is 24.4 Å². The molecule has 6 nitrogen and oxygen atoms in total. The van der Waals surface area contributed by atoms with Gasteiger partial charge < -0.3 is 18.9 Å². The van der Waals surface area contributed by atoms with Crippen LogP contribution < -0.4 is 4.74 Å². The SMILES string of the molecule is COc1cc(/C=C2\OC[C@H]3CC[C@@H](c4cc(F)c(F)c(F)c4)N3C2=O)ccc1-n1cnc(C)c1. The first-order valence-electron chi connectivity index (χ1n) is 10.9. The van der Waals surface area contributed by atoms with E-state index < -0.39 is 23.5 Å². The van der Waals surface area contributed by atoms with Crippen LogP contribution in [-0.4, -0.2) is 40.1 Å². The Labute approximate surface area is 194 Å². The van der Waals surface area contributed by atoms with Gasteiger partial charge in [-0.25, -0.2) is 18.2 Å². The van der Waals surface area contributed by atoms with E-state index in [4.69, 9.17) is 9.47 Å². The van der Waals surface area contributed by atoms with E-state index in [-0.39, 0.29) is 29.9 Å². The monoisotopic (exact) mass is 469 g/mol. The summed E-state index contributed by atoms with van der Waals surface area (Å²) in [5.41, 5.74) is 2.58. The van der Waals surface area contributed by atoms with Gasteiger partial charge in [-0.05, 0) is 61.2 Å². The molecule has 0 aliphatic carbocycles. The van der Waals surface area contributed by atoms with Crippen LogP contribution >= 0.6 is 0 Å². The van der Waals surface area contributed by atoms with Gasteiger partial charge in [0.05, 0.1) is 36.9 Å². The van der Waals surface area contributed by atoms with Gasteiger partial charge in [0.15, 0.2) is 23.2 Å². The van der Waals surface area contributed by atoms with E-state index in [1.807, 2.05) is 29.8 Å². The molecular formula is C25H22F3N3O3. The van der Waals surface area contributed by atoms with Gasteiger partial charge in [0.25, 0.3) is 5.91 Å². The van der Waals surface area contributed by atoms with E-state index in [1.54, 1.807) is 30.5 Å². The van der Waals surface area contributed by atoms with E-state index in [2.05, 4.69) is 4.98 Å². The zero-order valence-corrected chi connectivity index (χ0v) is 18.6. The summed E-state index contributed by atoms with van der Waals surface area (Å²) in [6.45, 7) is 2.16. The smallest absolute Gasteiger partial charge is 0.289 e. The van der Waals surface area contributed by atoms with Gasteiger partial charge in [-0.1, -0.05) is 6.07 Å². The number of amides is 1. The molecular weight excluding hydrogens is 447 g/mol. The lowest BCUT2D eigenvalue weighted by Gasteiger charge is -2.35. The van der Waals surface area contributed by atoms with Gasteiger partial charge in [0.2, 0.25) is 0 Å².